The molecule has 3 rings (SSSR count). The molecule has 6 nitrogen and oxygen atoms in total. The summed E-state index contributed by atoms with van der Waals surface area (Å²) in [7, 11) is 3.99. The Morgan fingerprint density at radius 2 is 2.10 bits per heavy atom. The summed E-state index contributed by atoms with van der Waals surface area (Å²) in [5.74, 6) is 0. The van der Waals surface area contributed by atoms with Crippen LogP contribution in [0, 0.1) is 11.3 Å². The van der Waals surface area contributed by atoms with Crippen LogP contribution in [0.2, 0.25) is 0 Å². The van der Waals surface area contributed by atoms with E-state index in [1.54, 1.807) is 4.68 Å². The number of anilines is 1. The molecule has 2 aromatic rings. The van der Waals surface area contributed by atoms with E-state index in [0.717, 1.165) is 36.5 Å². The molecule has 0 spiro atoms. The van der Waals surface area contributed by atoms with Crippen LogP contribution >= 0.6 is 0 Å². The molecule has 6 heteroatoms. The predicted octanol–water partition coefficient (Wildman–Crippen LogP) is 2.06. The molecule has 108 valence electrons. The van der Waals surface area contributed by atoms with Gasteiger partial charge in [0, 0.05) is 26.4 Å². The highest BCUT2D eigenvalue weighted by Gasteiger charge is 2.27. The Morgan fingerprint density at radius 1 is 1.33 bits per heavy atom. The van der Waals surface area contributed by atoms with E-state index in [1.165, 1.54) is 0 Å². The Bertz CT molecular complexity index is 662. The molecule has 1 aromatic heterocycles. The van der Waals surface area contributed by atoms with E-state index in [4.69, 9.17) is 4.74 Å². The quantitative estimate of drug-likeness (QED) is 0.862. The molecule has 0 amide bonds. The van der Waals surface area contributed by atoms with Gasteiger partial charge in [0.25, 0.3) is 0 Å². The lowest BCUT2D eigenvalue weighted by Gasteiger charge is -2.15. The van der Waals surface area contributed by atoms with Gasteiger partial charge in [-0.15, -0.1) is 5.10 Å². The van der Waals surface area contributed by atoms with Gasteiger partial charge >= 0.3 is 0 Å². The highest BCUT2D eigenvalue weighted by Crippen LogP contribution is 2.31. The molecule has 21 heavy (non-hydrogen) atoms. The second-order valence-electron chi connectivity index (χ2n) is 5.26. The lowest BCUT2D eigenvalue weighted by atomic mass is 10.1. The largest absolute Gasteiger partial charge is 0.378 e. The van der Waals surface area contributed by atoms with Crippen molar-refractivity contribution in [2.45, 2.75) is 18.9 Å². The van der Waals surface area contributed by atoms with Gasteiger partial charge in [-0.1, -0.05) is 5.21 Å². The van der Waals surface area contributed by atoms with Crippen molar-refractivity contribution in [3.05, 3.63) is 35.7 Å². The van der Waals surface area contributed by atoms with Crippen LogP contribution in [0.4, 0.5) is 5.69 Å². The topological polar surface area (TPSA) is 67.0 Å². The fourth-order valence-corrected chi connectivity index (χ4v) is 2.53. The molecule has 1 atom stereocenters. The van der Waals surface area contributed by atoms with Crippen molar-refractivity contribution in [3.63, 3.8) is 0 Å². The molecule has 1 unspecified atom stereocenters. The number of ether oxygens (including phenoxy) is 1. The summed E-state index contributed by atoms with van der Waals surface area (Å²) in [6.07, 6.45) is 1.81. The van der Waals surface area contributed by atoms with E-state index in [9.17, 15) is 5.26 Å². The van der Waals surface area contributed by atoms with Crippen LogP contribution < -0.4 is 4.90 Å². The smallest absolute Gasteiger partial charge is 0.189 e. The van der Waals surface area contributed by atoms with Crippen molar-refractivity contribution >= 4 is 5.69 Å². The Kier molecular flexibility index (Phi) is 3.59. The fourth-order valence-electron chi connectivity index (χ4n) is 2.53. The molecule has 0 aliphatic carbocycles. The van der Waals surface area contributed by atoms with Crippen LogP contribution in [0.25, 0.3) is 5.69 Å². The van der Waals surface area contributed by atoms with Crippen molar-refractivity contribution in [1.82, 2.24) is 15.0 Å². The first-order chi connectivity index (χ1) is 10.2. The first-order valence-electron chi connectivity index (χ1n) is 6.96. The normalized spacial score (nSPS) is 17.7. The second kappa shape index (κ2) is 5.54. The summed E-state index contributed by atoms with van der Waals surface area (Å²) in [5, 5.41) is 17.3. The molecule has 1 aliphatic rings. The fraction of sp³-hybridized carbons (Fsp3) is 0.400. The van der Waals surface area contributed by atoms with Gasteiger partial charge in [-0.05, 0) is 37.1 Å². The number of aromatic nitrogens is 3. The molecule has 0 bridgehead atoms. The van der Waals surface area contributed by atoms with Crippen LogP contribution in [0.5, 0.6) is 0 Å². The number of benzene rings is 1. The number of rotatable bonds is 3. The second-order valence-corrected chi connectivity index (χ2v) is 5.26. The maximum Gasteiger partial charge on any atom is 0.189 e. The van der Waals surface area contributed by atoms with E-state index in [1.807, 2.05) is 43.3 Å². The van der Waals surface area contributed by atoms with Gasteiger partial charge in [-0.25, -0.2) is 4.68 Å². The molecule has 0 radical (unpaired) electrons. The van der Waals surface area contributed by atoms with Crippen LogP contribution in [-0.2, 0) is 4.74 Å². The molecular weight excluding hydrogens is 266 g/mol. The van der Waals surface area contributed by atoms with Gasteiger partial charge in [-0.3, -0.25) is 0 Å². The summed E-state index contributed by atoms with van der Waals surface area (Å²) < 4.78 is 7.42. The molecular formula is C15H17N5O. The Labute approximate surface area is 123 Å². The third kappa shape index (κ3) is 2.48. The van der Waals surface area contributed by atoms with Crippen LogP contribution in [0.3, 0.4) is 0 Å². The van der Waals surface area contributed by atoms with Gasteiger partial charge in [-0.2, -0.15) is 5.26 Å². The molecule has 1 fully saturated rings. The standard InChI is InChI=1S/C15H17N5O/c1-19(2)11-5-7-12(8-6-11)20-15(13(10-16)17-18-20)14-4-3-9-21-14/h5-8,14H,3-4,9H2,1-2H3. The zero-order valence-electron chi connectivity index (χ0n) is 12.2. The van der Waals surface area contributed by atoms with E-state index >= 15 is 0 Å². The lowest BCUT2D eigenvalue weighted by molar-refractivity contribution is 0.106. The van der Waals surface area contributed by atoms with Crippen molar-refractivity contribution in [2.24, 2.45) is 0 Å². The number of hydrogen-bond acceptors (Lipinski definition) is 5. The zero-order chi connectivity index (χ0) is 14.8. The Balaban J connectivity index is 2.02. The lowest BCUT2D eigenvalue weighted by Crippen LogP contribution is -2.10. The zero-order valence-corrected chi connectivity index (χ0v) is 12.2. The summed E-state index contributed by atoms with van der Waals surface area (Å²) in [6.45, 7) is 0.723. The molecule has 0 N–H and O–H groups in total. The molecule has 1 aliphatic heterocycles. The Hall–Kier alpha value is -2.39. The minimum Gasteiger partial charge on any atom is -0.378 e. The first-order valence-corrected chi connectivity index (χ1v) is 6.96. The van der Waals surface area contributed by atoms with Crippen LogP contribution in [-0.4, -0.2) is 35.7 Å². The molecule has 1 saturated heterocycles. The van der Waals surface area contributed by atoms with E-state index in [2.05, 4.69) is 16.4 Å². The average molecular weight is 283 g/mol. The van der Waals surface area contributed by atoms with Crippen LogP contribution in [0.15, 0.2) is 24.3 Å². The number of nitriles is 1. The molecule has 2 heterocycles. The molecule has 0 saturated carbocycles. The van der Waals surface area contributed by atoms with Gasteiger partial charge in [0.2, 0.25) is 0 Å². The van der Waals surface area contributed by atoms with Gasteiger partial charge < -0.3 is 9.64 Å². The minimum atomic E-state index is -0.0943. The Morgan fingerprint density at radius 3 is 2.67 bits per heavy atom. The van der Waals surface area contributed by atoms with Crippen molar-refractivity contribution in [2.75, 3.05) is 25.6 Å². The highest BCUT2D eigenvalue weighted by atomic mass is 16.5. The minimum absolute atomic E-state index is 0.0943. The maximum absolute atomic E-state index is 9.23. The predicted molar refractivity (Wildman–Crippen MR) is 78.3 cm³/mol. The van der Waals surface area contributed by atoms with Crippen molar-refractivity contribution in [1.29, 1.82) is 5.26 Å². The summed E-state index contributed by atoms with van der Waals surface area (Å²) in [5.41, 5.74) is 3.10. The summed E-state index contributed by atoms with van der Waals surface area (Å²) >= 11 is 0. The van der Waals surface area contributed by atoms with Crippen molar-refractivity contribution < 1.29 is 4.74 Å². The van der Waals surface area contributed by atoms with Crippen LogP contribution in [0.1, 0.15) is 30.3 Å². The molecule has 1 aromatic carbocycles. The van der Waals surface area contributed by atoms with Gasteiger partial charge in [0.1, 0.15) is 17.9 Å². The first kappa shape index (κ1) is 13.6. The average Bonchev–Trinajstić information content (AvgIpc) is 3.15. The number of nitrogens with zero attached hydrogens (tertiary/aromatic N) is 5. The summed E-state index contributed by atoms with van der Waals surface area (Å²) in [6, 6.07) is 10.1. The van der Waals surface area contributed by atoms with Gasteiger partial charge in [0.05, 0.1) is 5.69 Å². The van der Waals surface area contributed by atoms with Gasteiger partial charge in [0.15, 0.2) is 5.69 Å². The monoisotopic (exact) mass is 283 g/mol. The number of hydrogen-bond donors (Lipinski definition) is 0. The summed E-state index contributed by atoms with van der Waals surface area (Å²) in [4.78, 5) is 2.03. The van der Waals surface area contributed by atoms with Crippen molar-refractivity contribution in [3.8, 4) is 11.8 Å². The van der Waals surface area contributed by atoms with E-state index in [-0.39, 0.29) is 6.10 Å². The van der Waals surface area contributed by atoms with E-state index in [0.29, 0.717) is 5.69 Å². The maximum atomic E-state index is 9.23. The third-order valence-corrected chi connectivity index (χ3v) is 3.66. The van der Waals surface area contributed by atoms with E-state index < -0.39 is 0 Å². The highest BCUT2D eigenvalue weighted by molar-refractivity contribution is 5.50. The third-order valence-electron chi connectivity index (χ3n) is 3.66. The SMILES string of the molecule is CN(C)c1ccc(-n2nnc(C#N)c2C2CCCO2)cc1.